The SMILES string of the molecule is O=C(O)CC1CCN(C(=O)NCCc2ccccc2)CC1. The molecule has 0 saturated carbocycles. The summed E-state index contributed by atoms with van der Waals surface area (Å²) < 4.78 is 0. The van der Waals surface area contributed by atoms with E-state index in [-0.39, 0.29) is 18.4 Å². The van der Waals surface area contributed by atoms with Gasteiger partial charge in [0.1, 0.15) is 0 Å². The summed E-state index contributed by atoms with van der Waals surface area (Å²) in [7, 11) is 0. The van der Waals surface area contributed by atoms with Crippen LogP contribution in [0.25, 0.3) is 0 Å². The largest absolute Gasteiger partial charge is 0.481 e. The Hall–Kier alpha value is -2.04. The number of rotatable bonds is 5. The number of carboxylic acids is 1. The summed E-state index contributed by atoms with van der Waals surface area (Å²) in [4.78, 5) is 24.5. The van der Waals surface area contributed by atoms with Gasteiger partial charge >= 0.3 is 12.0 Å². The number of aliphatic carboxylic acids is 1. The van der Waals surface area contributed by atoms with Crippen molar-refractivity contribution in [1.82, 2.24) is 10.2 Å². The lowest BCUT2D eigenvalue weighted by atomic mass is 9.94. The van der Waals surface area contributed by atoms with Crippen LogP contribution in [0.15, 0.2) is 30.3 Å². The van der Waals surface area contributed by atoms with E-state index in [2.05, 4.69) is 5.32 Å². The van der Waals surface area contributed by atoms with Gasteiger partial charge in [-0.3, -0.25) is 4.79 Å². The first kappa shape index (κ1) is 15.4. The van der Waals surface area contributed by atoms with Crippen molar-refractivity contribution >= 4 is 12.0 Å². The third-order valence-electron chi connectivity index (χ3n) is 3.90. The van der Waals surface area contributed by atoms with E-state index in [1.54, 1.807) is 4.90 Å². The molecule has 0 aromatic heterocycles. The Morgan fingerprint density at radius 2 is 1.86 bits per heavy atom. The zero-order valence-electron chi connectivity index (χ0n) is 12.1. The van der Waals surface area contributed by atoms with Gasteiger partial charge in [-0.25, -0.2) is 4.79 Å². The van der Waals surface area contributed by atoms with Gasteiger partial charge < -0.3 is 15.3 Å². The van der Waals surface area contributed by atoms with Gasteiger partial charge in [-0.05, 0) is 30.7 Å². The monoisotopic (exact) mass is 290 g/mol. The molecule has 114 valence electrons. The fourth-order valence-corrected chi connectivity index (χ4v) is 2.66. The minimum absolute atomic E-state index is 0.0419. The van der Waals surface area contributed by atoms with Crippen LogP contribution in [-0.4, -0.2) is 41.6 Å². The number of carbonyl (C=O) groups is 2. The molecular formula is C16H22N2O3. The number of benzene rings is 1. The average Bonchev–Trinajstić information content (AvgIpc) is 2.48. The van der Waals surface area contributed by atoms with Gasteiger partial charge in [-0.15, -0.1) is 0 Å². The molecule has 1 fully saturated rings. The van der Waals surface area contributed by atoms with E-state index in [9.17, 15) is 9.59 Å². The van der Waals surface area contributed by atoms with Gasteiger partial charge in [-0.2, -0.15) is 0 Å². The van der Waals surface area contributed by atoms with Gasteiger partial charge in [0.15, 0.2) is 0 Å². The zero-order valence-corrected chi connectivity index (χ0v) is 12.1. The maximum Gasteiger partial charge on any atom is 0.317 e. The van der Waals surface area contributed by atoms with Gasteiger partial charge in [0.05, 0.1) is 0 Å². The number of piperidine rings is 1. The van der Waals surface area contributed by atoms with Crippen molar-refractivity contribution in [2.24, 2.45) is 5.92 Å². The molecule has 1 aromatic carbocycles. The summed E-state index contributed by atoms with van der Waals surface area (Å²) in [5.41, 5.74) is 1.21. The van der Waals surface area contributed by atoms with E-state index >= 15 is 0 Å². The molecule has 2 N–H and O–H groups in total. The molecule has 0 unspecified atom stereocenters. The second-order valence-corrected chi connectivity index (χ2v) is 5.50. The minimum Gasteiger partial charge on any atom is -0.481 e. The van der Waals surface area contributed by atoms with Crippen LogP contribution in [0, 0.1) is 5.92 Å². The Bertz CT molecular complexity index is 468. The predicted molar refractivity (Wildman–Crippen MR) is 80.1 cm³/mol. The maximum absolute atomic E-state index is 12.0. The van der Waals surface area contributed by atoms with E-state index in [0.29, 0.717) is 19.6 Å². The number of carboxylic acid groups (broad SMARTS) is 1. The van der Waals surface area contributed by atoms with Crippen molar-refractivity contribution in [3.63, 3.8) is 0 Å². The fourth-order valence-electron chi connectivity index (χ4n) is 2.66. The summed E-state index contributed by atoms with van der Waals surface area (Å²) in [6.07, 6.45) is 2.59. The van der Waals surface area contributed by atoms with Crippen LogP contribution in [0.5, 0.6) is 0 Å². The highest BCUT2D eigenvalue weighted by molar-refractivity contribution is 5.74. The van der Waals surface area contributed by atoms with Gasteiger partial charge in [0.25, 0.3) is 0 Å². The Morgan fingerprint density at radius 3 is 2.48 bits per heavy atom. The lowest BCUT2D eigenvalue weighted by Gasteiger charge is -2.31. The van der Waals surface area contributed by atoms with Gasteiger partial charge in [0.2, 0.25) is 0 Å². The second-order valence-electron chi connectivity index (χ2n) is 5.50. The Kier molecular flexibility index (Phi) is 5.60. The number of hydrogen-bond acceptors (Lipinski definition) is 2. The average molecular weight is 290 g/mol. The number of urea groups is 1. The molecule has 0 atom stereocenters. The highest BCUT2D eigenvalue weighted by atomic mass is 16.4. The quantitative estimate of drug-likeness (QED) is 0.872. The summed E-state index contributed by atoms with van der Waals surface area (Å²) >= 11 is 0. The van der Waals surface area contributed by atoms with E-state index in [4.69, 9.17) is 5.11 Å². The Labute approximate surface area is 125 Å². The normalized spacial score (nSPS) is 15.7. The van der Waals surface area contributed by atoms with Crippen LogP contribution in [-0.2, 0) is 11.2 Å². The molecule has 1 heterocycles. The fraction of sp³-hybridized carbons (Fsp3) is 0.500. The van der Waals surface area contributed by atoms with Crippen LogP contribution in [0.3, 0.4) is 0 Å². The van der Waals surface area contributed by atoms with Crippen LogP contribution in [0.4, 0.5) is 4.79 Å². The molecule has 1 aromatic rings. The van der Waals surface area contributed by atoms with Crippen LogP contribution < -0.4 is 5.32 Å². The van der Waals surface area contributed by atoms with Gasteiger partial charge in [0, 0.05) is 26.1 Å². The van der Waals surface area contributed by atoms with Crippen molar-refractivity contribution in [2.75, 3.05) is 19.6 Å². The van der Waals surface area contributed by atoms with E-state index in [1.807, 2.05) is 30.3 Å². The van der Waals surface area contributed by atoms with E-state index < -0.39 is 5.97 Å². The Morgan fingerprint density at radius 1 is 1.19 bits per heavy atom. The molecule has 21 heavy (non-hydrogen) atoms. The summed E-state index contributed by atoms with van der Waals surface area (Å²) in [5, 5.41) is 11.7. The number of carbonyl (C=O) groups excluding carboxylic acids is 1. The van der Waals surface area contributed by atoms with Crippen LogP contribution >= 0.6 is 0 Å². The van der Waals surface area contributed by atoms with Crippen molar-refractivity contribution in [3.05, 3.63) is 35.9 Å². The number of amides is 2. The maximum atomic E-state index is 12.0. The minimum atomic E-state index is -0.749. The lowest BCUT2D eigenvalue weighted by molar-refractivity contribution is -0.138. The summed E-state index contributed by atoms with van der Waals surface area (Å²) in [6, 6.07) is 10.0. The first-order valence-electron chi connectivity index (χ1n) is 7.43. The first-order valence-corrected chi connectivity index (χ1v) is 7.43. The molecular weight excluding hydrogens is 268 g/mol. The molecule has 1 aliphatic heterocycles. The highest BCUT2D eigenvalue weighted by Gasteiger charge is 2.23. The molecule has 1 aliphatic rings. The number of likely N-dealkylation sites (tertiary alicyclic amines) is 1. The topological polar surface area (TPSA) is 69.6 Å². The number of nitrogens with one attached hydrogen (secondary N) is 1. The number of nitrogens with zero attached hydrogens (tertiary/aromatic N) is 1. The zero-order chi connectivity index (χ0) is 15.1. The molecule has 0 spiro atoms. The third-order valence-corrected chi connectivity index (χ3v) is 3.90. The summed E-state index contributed by atoms with van der Waals surface area (Å²) in [5.74, 6) is -0.545. The highest BCUT2D eigenvalue weighted by Crippen LogP contribution is 2.20. The lowest BCUT2D eigenvalue weighted by Crippen LogP contribution is -2.45. The standard InChI is InChI=1S/C16H22N2O3/c19-15(20)12-14-7-10-18(11-8-14)16(21)17-9-6-13-4-2-1-3-5-13/h1-5,14H,6-12H2,(H,17,21)(H,19,20). The molecule has 5 heteroatoms. The Balaban J connectivity index is 1.67. The number of hydrogen-bond donors (Lipinski definition) is 2. The first-order chi connectivity index (χ1) is 10.1. The van der Waals surface area contributed by atoms with Crippen molar-refractivity contribution < 1.29 is 14.7 Å². The van der Waals surface area contributed by atoms with Crippen molar-refractivity contribution in [3.8, 4) is 0 Å². The second kappa shape index (κ2) is 7.67. The van der Waals surface area contributed by atoms with Crippen molar-refractivity contribution in [2.45, 2.75) is 25.7 Å². The van der Waals surface area contributed by atoms with Crippen LogP contribution in [0.2, 0.25) is 0 Å². The molecule has 2 rings (SSSR count). The van der Waals surface area contributed by atoms with Crippen molar-refractivity contribution in [1.29, 1.82) is 0 Å². The molecule has 1 saturated heterocycles. The third kappa shape index (κ3) is 5.10. The smallest absolute Gasteiger partial charge is 0.317 e. The molecule has 0 aliphatic carbocycles. The van der Waals surface area contributed by atoms with Gasteiger partial charge in [-0.1, -0.05) is 30.3 Å². The molecule has 0 radical (unpaired) electrons. The van der Waals surface area contributed by atoms with E-state index in [1.165, 1.54) is 5.56 Å². The molecule has 5 nitrogen and oxygen atoms in total. The molecule has 0 bridgehead atoms. The summed E-state index contributed by atoms with van der Waals surface area (Å²) in [6.45, 7) is 1.92. The predicted octanol–water partition coefficient (Wildman–Crippen LogP) is 2.13. The van der Waals surface area contributed by atoms with E-state index in [0.717, 1.165) is 19.3 Å². The van der Waals surface area contributed by atoms with Crippen LogP contribution in [0.1, 0.15) is 24.8 Å². The molecule has 2 amide bonds.